The van der Waals surface area contributed by atoms with Crippen LogP contribution < -0.4 is 5.32 Å². The van der Waals surface area contributed by atoms with Crippen LogP contribution in [0.1, 0.15) is 10.6 Å². The number of hydrogen-bond acceptors (Lipinski definition) is 6. The molecule has 0 spiro atoms. The molecular weight excluding hydrogens is 459 g/mol. The molecule has 4 rings (SSSR count). The van der Waals surface area contributed by atoms with Crippen molar-refractivity contribution in [3.63, 3.8) is 0 Å². The van der Waals surface area contributed by atoms with Crippen LogP contribution in [0.2, 0.25) is 0 Å². The Morgan fingerprint density at radius 2 is 1.94 bits per heavy atom. The van der Waals surface area contributed by atoms with Gasteiger partial charge in [-0.15, -0.1) is 11.3 Å². The molecule has 176 valence electrons. The zero-order chi connectivity index (χ0) is 23.8. The van der Waals surface area contributed by atoms with Crippen molar-refractivity contribution < 1.29 is 27.9 Å². The Hall–Kier alpha value is -3.41. The highest BCUT2D eigenvalue weighted by Gasteiger charge is 2.38. The quantitative estimate of drug-likeness (QED) is 0.580. The molecule has 0 aromatic carbocycles. The van der Waals surface area contributed by atoms with Crippen LogP contribution in [0, 0.1) is 5.92 Å². The number of amides is 1. The van der Waals surface area contributed by atoms with Crippen molar-refractivity contribution in [2.24, 2.45) is 5.92 Å². The van der Waals surface area contributed by atoms with Crippen LogP contribution >= 0.6 is 11.3 Å². The van der Waals surface area contributed by atoms with E-state index in [2.05, 4.69) is 15.4 Å². The fourth-order valence-electron chi connectivity index (χ4n) is 3.24. The van der Waals surface area contributed by atoms with Gasteiger partial charge in [-0.3, -0.25) is 9.48 Å². The summed E-state index contributed by atoms with van der Waals surface area (Å²) < 4.78 is 33.8. The van der Waals surface area contributed by atoms with E-state index in [-0.39, 0.29) is 11.8 Å². The third-order valence-electron chi connectivity index (χ3n) is 4.80. The average Bonchev–Trinajstić information content (AvgIpc) is 3.41. The lowest BCUT2D eigenvalue weighted by Crippen LogP contribution is -2.36. The van der Waals surface area contributed by atoms with Crippen molar-refractivity contribution >= 4 is 29.0 Å². The number of carboxylic acid groups (broad SMARTS) is 1. The molecule has 0 aliphatic carbocycles. The number of carbonyl (C=O) groups excluding carboxylic acids is 1. The number of fused-ring (bicyclic) bond motifs is 1. The summed E-state index contributed by atoms with van der Waals surface area (Å²) >= 11 is 1.63. The lowest BCUT2D eigenvalue weighted by molar-refractivity contribution is -0.192. The summed E-state index contributed by atoms with van der Waals surface area (Å²) in [6, 6.07) is 11.8. The minimum Gasteiger partial charge on any atom is -0.475 e. The summed E-state index contributed by atoms with van der Waals surface area (Å²) in [7, 11) is 0. The molecule has 0 saturated heterocycles. The number of carbonyl (C=O) groups is 2. The molecule has 0 fully saturated rings. The molecular formula is C21H22F3N5O3S. The highest BCUT2D eigenvalue weighted by atomic mass is 32.1. The summed E-state index contributed by atoms with van der Waals surface area (Å²) in [5.41, 5.74) is 1.09. The smallest absolute Gasteiger partial charge is 0.475 e. The van der Waals surface area contributed by atoms with Crippen molar-refractivity contribution in [2.75, 3.05) is 18.4 Å². The van der Waals surface area contributed by atoms with E-state index in [4.69, 9.17) is 9.90 Å². The van der Waals surface area contributed by atoms with Crippen LogP contribution in [0.3, 0.4) is 0 Å². The normalized spacial score (nSPS) is 15.6. The fraction of sp³-hybridized carbons (Fsp3) is 0.333. The summed E-state index contributed by atoms with van der Waals surface area (Å²) in [5.74, 6) is -1.46. The molecule has 0 radical (unpaired) electrons. The number of hydrogen-bond donors (Lipinski definition) is 2. The minimum atomic E-state index is -5.08. The molecule has 0 saturated carbocycles. The Bertz CT molecular complexity index is 1040. The van der Waals surface area contributed by atoms with E-state index < -0.39 is 12.1 Å². The Kier molecular flexibility index (Phi) is 8.04. The highest BCUT2D eigenvalue weighted by Crippen LogP contribution is 2.19. The maximum absolute atomic E-state index is 12.8. The number of pyridine rings is 1. The van der Waals surface area contributed by atoms with Gasteiger partial charge in [0.2, 0.25) is 5.91 Å². The van der Waals surface area contributed by atoms with Gasteiger partial charge in [0.05, 0.1) is 18.7 Å². The van der Waals surface area contributed by atoms with Crippen molar-refractivity contribution in [1.82, 2.24) is 19.7 Å². The first-order valence-electron chi connectivity index (χ1n) is 9.98. The van der Waals surface area contributed by atoms with Gasteiger partial charge in [-0.1, -0.05) is 12.1 Å². The zero-order valence-corrected chi connectivity index (χ0v) is 18.2. The standard InChI is InChI=1S/C19H21N5OS.C2HF3O2/c25-19(10-17-4-3-9-26-17)23-12-15(11-21-18-5-1-2-7-20-18)13-24-16(14-23)6-8-22-24;3-2(4,5)1(6)7/h1-9,15H,10-14H2,(H,20,21);(H,6,7). The number of anilines is 1. The number of carboxylic acids is 1. The van der Waals surface area contributed by atoms with E-state index in [1.54, 1.807) is 17.5 Å². The largest absolute Gasteiger partial charge is 0.490 e. The average molecular weight is 482 g/mol. The minimum absolute atomic E-state index is 0.171. The first-order chi connectivity index (χ1) is 15.7. The zero-order valence-electron chi connectivity index (χ0n) is 17.4. The molecule has 1 atom stereocenters. The Balaban J connectivity index is 0.000000383. The molecule has 4 heterocycles. The molecule has 1 aliphatic heterocycles. The monoisotopic (exact) mass is 481 g/mol. The first-order valence-corrected chi connectivity index (χ1v) is 10.9. The van der Waals surface area contributed by atoms with Crippen molar-refractivity contribution in [2.45, 2.75) is 25.7 Å². The van der Waals surface area contributed by atoms with Crippen LogP contribution in [-0.2, 0) is 29.1 Å². The van der Waals surface area contributed by atoms with E-state index in [1.807, 2.05) is 57.6 Å². The maximum atomic E-state index is 12.8. The van der Waals surface area contributed by atoms with E-state index in [0.717, 1.165) is 29.5 Å². The number of thiophene rings is 1. The van der Waals surface area contributed by atoms with Gasteiger partial charge < -0.3 is 15.3 Å². The highest BCUT2D eigenvalue weighted by molar-refractivity contribution is 7.10. The number of aromatic nitrogens is 3. The Morgan fingerprint density at radius 1 is 1.15 bits per heavy atom. The number of aliphatic carboxylic acids is 1. The summed E-state index contributed by atoms with van der Waals surface area (Å²) in [5, 5.41) is 16.9. The third-order valence-corrected chi connectivity index (χ3v) is 5.68. The second-order valence-electron chi connectivity index (χ2n) is 7.30. The fourth-order valence-corrected chi connectivity index (χ4v) is 3.94. The lowest BCUT2D eigenvalue weighted by atomic mass is 10.1. The number of alkyl halides is 3. The van der Waals surface area contributed by atoms with Gasteiger partial charge in [0.1, 0.15) is 5.82 Å². The number of rotatable bonds is 5. The van der Waals surface area contributed by atoms with E-state index in [0.29, 0.717) is 19.5 Å². The van der Waals surface area contributed by atoms with E-state index in [1.165, 1.54) is 0 Å². The number of halogens is 3. The number of nitrogens with zero attached hydrogens (tertiary/aromatic N) is 4. The van der Waals surface area contributed by atoms with Crippen LogP contribution in [0.25, 0.3) is 0 Å². The van der Waals surface area contributed by atoms with Gasteiger partial charge >= 0.3 is 12.1 Å². The second kappa shape index (κ2) is 10.9. The predicted octanol–water partition coefficient (Wildman–Crippen LogP) is 3.29. The second-order valence-corrected chi connectivity index (χ2v) is 8.33. The SMILES string of the molecule is O=C(Cc1cccs1)N1Cc2ccnn2CC(CNc2ccccn2)C1.O=C(O)C(F)(F)F. The molecule has 33 heavy (non-hydrogen) atoms. The van der Waals surface area contributed by atoms with Gasteiger partial charge in [-0.25, -0.2) is 9.78 Å². The molecule has 2 N–H and O–H groups in total. The summed E-state index contributed by atoms with van der Waals surface area (Å²) in [6.45, 7) is 2.88. The van der Waals surface area contributed by atoms with Crippen LogP contribution in [0.4, 0.5) is 19.0 Å². The molecule has 3 aromatic heterocycles. The summed E-state index contributed by atoms with van der Waals surface area (Å²) in [4.78, 5) is 29.1. The molecule has 1 aliphatic rings. The van der Waals surface area contributed by atoms with Crippen LogP contribution in [-0.4, -0.2) is 55.9 Å². The molecule has 0 bridgehead atoms. The molecule has 1 unspecified atom stereocenters. The van der Waals surface area contributed by atoms with Gasteiger partial charge in [-0.2, -0.15) is 18.3 Å². The molecule has 12 heteroatoms. The van der Waals surface area contributed by atoms with Crippen LogP contribution in [0.5, 0.6) is 0 Å². The third kappa shape index (κ3) is 7.31. The van der Waals surface area contributed by atoms with E-state index in [9.17, 15) is 18.0 Å². The Labute approximate surface area is 191 Å². The maximum Gasteiger partial charge on any atom is 0.490 e. The summed E-state index contributed by atoms with van der Waals surface area (Å²) in [6.07, 6.45) is -1.03. The number of nitrogens with one attached hydrogen (secondary N) is 1. The van der Waals surface area contributed by atoms with Gasteiger partial charge in [0.25, 0.3) is 0 Å². The van der Waals surface area contributed by atoms with Crippen molar-refractivity contribution in [3.8, 4) is 0 Å². The van der Waals surface area contributed by atoms with Gasteiger partial charge in [-0.05, 0) is 29.6 Å². The molecule has 3 aromatic rings. The van der Waals surface area contributed by atoms with Gasteiger partial charge in [0, 0.05) is 42.8 Å². The topological polar surface area (TPSA) is 100 Å². The van der Waals surface area contributed by atoms with Crippen LogP contribution in [0.15, 0.2) is 54.2 Å². The first kappa shape index (κ1) is 24.2. The van der Waals surface area contributed by atoms with Crippen molar-refractivity contribution in [1.29, 1.82) is 0 Å². The van der Waals surface area contributed by atoms with Gasteiger partial charge in [0.15, 0.2) is 0 Å². The molecule has 8 nitrogen and oxygen atoms in total. The molecule has 1 amide bonds. The predicted molar refractivity (Wildman–Crippen MR) is 116 cm³/mol. The van der Waals surface area contributed by atoms with E-state index >= 15 is 0 Å². The lowest BCUT2D eigenvalue weighted by Gasteiger charge is -2.24. The Morgan fingerprint density at radius 3 is 2.58 bits per heavy atom. The van der Waals surface area contributed by atoms with Crippen molar-refractivity contribution in [3.05, 3.63) is 64.7 Å².